The van der Waals surface area contributed by atoms with Crippen molar-refractivity contribution in [2.45, 2.75) is 13.0 Å². The second-order valence-corrected chi connectivity index (χ2v) is 6.43. The van der Waals surface area contributed by atoms with Crippen molar-refractivity contribution in [2.24, 2.45) is 0 Å². The zero-order chi connectivity index (χ0) is 18.7. The highest BCUT2D eigenvalue weighted by Gasteiger charge is 2.14. The molecule has 2 aromatic heterocycles. The quantitative estimate of drug-likeness (QED) is 0.693. The summed E-state index contributed by atoms with van der Waals surface area (Å²) >= 11 is 0. The van der Waals surface area contributed by atoms with E-state index in [9.17, 15) is 9.59 Å². The van der Waals surface area contributed by atoms with Crippen LogP contribution in [0.4, 0.5) is 0 Å². The van der Waals surface area contributed by atoms with Crippen LogP contribution < -0.4 is 5.56 Å². The maximum Gasteiger partial charge on any atom is 0.274 e. The van der Waals surface area contributed by atoms with E-state index in [1.54, 1.807) is 42.9 Å². The number of benzene rings is 1. The highest BCUT2D eigenvalue weighted by Crippen LogP contribution is 2.27. The van der Waals surface area contributed by atoms with Gasteiger partial charge in [0.1, 0.15) is 5.52 Å². The molecular formula is C20H23N3O3. The van der Waals surface area contributed by atoms with Gasteiger partial charge in [0.25, 0.3) is 11.5 Å². The van der Waals surface area contributed by atoms with Gasteiger partial charge in [-0.15, -0.1) is 0 Å². The van der Waals surface area contributed by atoms with Gasteiger partial charge < -0.3 is 19.2 Å². The van der Waals surface area contributed by atoms with E-state index in [0.717, 1.165) is 22.9 Å². The number of carbonyl (C=O) groups is 1. The summed E-state index contributed by atoms with van der Waals surface area (Å²) in [5, 5.41) is 0.854. The van der Waals surface area contributed by atoms with Gasteiger partial charge in [0.2, 0.25) is 0 Å². The average Bonchev–Trinajstić information content (AvgIpc) is 3.13. The molecule has 0 aliphatic rings. The Hall–Kier alpha value is -2.86. The molecular weight excluding hydrogens is 330 g/mol. The first-order valence-electron chi connectivity index (χ1n) is 8.54. The van der Waals surface area contributed by atoms with Crippen molar-refractivity contribution in [1.29, 1.82) is 0 Å². The van der Waals surface area contributed by atoms with Crippen molar-refractivity contribution >= 4 is 16.8 Å². The van der Waals surface area contributed by atoms with Crippen molar-refractivity contribution in [3.05, 3.63) is 58.6 Å². The number of aromatic amines is 1. The van der Waals surface area contributed by atoms with Crippen LogP contribution in [0, 0.1) is 0 Å². The number of pyridine rings is 1. The lowest BCUT2D eigenvalue weighted by Crippen LogP contribution is -2.22. The molecule has 0 saturated carbocycles. The molecule has 0 saturated heterocycles. The topological polar surface area (TPSA) is 67.3 Å². The number of rotatable bonds is 6. The predicted octanol–water partition coefficient (Wildman–Crippen LogP) is 2.73. The predicted molar refractivity (Wildman–Crippen MR) is 103 cm³/mol. The van der Waals surface area contributed by atoms with E-state index in [-0.39, 0.29) is 11.5 Å². The number of aromatic nitrogens is 2. The molecule has 0 aliphatic heterocycles. The number of nitrogens with zero attached hydrogens (tertiary/aromatic N) is 2. The summed E-state index contributed by atoms with van der Waals surface area (Å²) in [4.78, 5) is 29.5. The van der Waals surface area contributed by atoms with Crippen LogP contribution >= 0.6 is 0 Å². The summed E-state index contributed by atoms with van der Waals surface area (Å²) in [7, 11) is 5.11. The smallest absolute Gasteiger partial charge is 0.274 e. The molecule has 26 heavy (non-hydrogen) atoms. The van der Waals surface area contributed by atoms with E-state index in [2.05, 4.69) is 4.98 Å². The number of nitrogens with one attached hydrogen (secondary N) is 1. The van der Waals surface area contributed by atoms with Gasteiger partial charge in [0, 0.05) is 63.3 Å². The van der Waals surface area contributed by atoms with Gasteiger partial charge in [-0.2, -0.15) is 0 Å². The Bertz CT molecular complexity index is 985. The van der Waals surface area contributed by atoms with Crippen molar-refractivity contribution in [3.8, 4) is 11.1 Å². The monoisotopic (exact) mass is 353 g/mol. The summed E-state index contributed by atoms with van der Waals surface area (Å²) in [5.41, 5.74) is 2.97. The number of H-pyrrole nitrogens is 1. The minimum atomic E-state index is -0.0506. The third-order valence-corrected chi connectivity index (χ3v) is 4.37. The van der Waals surface area contributed by atoms with Gasteiger partial charge in [0.15, 0.2) is 0 Å². The summed E-state index contributed by atoms with van der Waals surface area (Å²) in [6.07, 6.45) is 4.39. The van der Waals surface area contributed by atoms with Crippen LogP contribution in [0.2, 0.25) is 0 Å². The largest absolute Gasteiger partial charge is 0.385 e. The van der Waals surface area contributed by atoms with E-state index in [0.29, 0.717) is 24.2 Å². The lowest BCUT2D eigenvalue weighted by atomic mass is 10.0. The molecule has 3 rings (SSSR count). The first kappa shape index (κ1) is 17.9. The Balaban J connectivity index is 2.11. The minimum Gasteiger partial charge on any atom is -0.385 e. The van der Waals surface area contributed by atoms with Gasteiger partial charge >= 0.3 is 0 Å². The van der Waals surface area contributed by atoms with E-state index in [4.69, 9.17) is 4.74 Å². The summed E-state index contributed by atoms with van der Waals surface area (Å²) < 4.78 is 6.79. The van der Waals surface area contributed by atoms with Crippen LogP contribution in [0.15, 0.2) is 47.5 Å². The molecule has 0 unspecified atom stereocenters. The number of amides is 1. The molecule has 1 aromatic carbocycles. The van der Waals surface area contributed by atoms with Gasteiger partial charge in [0.05, 0.1) is 0 Å². The van der Waals surface area contributed by atoms with Crippen LogP contribution in [0.25, 0.3) is 22.0 Å². The normalized spacial score (nSPS) is 11.0. The van der Waals surface area contributed by atoms with Crippen molar-refractivity contribution in [1.82, 2.24) is 14.5 Å². The van der Waals surface area contributed by atoms with Crippen LogP contribution in [-0.2, 0) is 11.3 Å². The van der Waals surface area contributed by atoms with Gasteiger partial charge in [-0.3, -0.25) is 9.59 Å². The Morgan fingerprint density at radius 3 is 2.81 bits per heavy atom. The zero-order valence-electron chi connectivity index (χ0n) is 15.3. The first-order valence-corrected chi connectivity index (χ1v) is 8.54. The number of fused-ring (bicyclic) bond motifs is 1. The highest BCUT2D eigenvalue weighted by molar-refractivity contribution is 5.98. The Labute approximate surface area is 152 Å². The van der Waals surface area contributed by atoms with Crippen molar-refractivity contribution < 1.29 is 9.53 Å². The molecule has 0 spiro atoms. The van der Waals surface area contributed by atoms with E-state index in [1.807, 2.05) is 30.5 Å². The third-order valence-electron chi connectivity index (χ3n) is 4.37. The van der Waals surface area contributed by atoms with Crippen molar-refractivity contribution in [2.75, 3.05) is 27.8 Å². The van der Waals surface area contributed by atoms with Gasteiger partial charge in [-0.05, 0) is 30.2 Å². The number of methoxy groups -OCH3 is 1. The Morgan fingerprint density at radius 1 is 1.27 bits per heavy atom. The first-order chi connectivity index (χ1) is 12.5. The zero-order valence-corrected chi connectivity index (χ0v) is 15.3. The van der Waals surface area contributed by atoms with Gasteiger partial charge in [-0.1, -0.05) is 12.1 Å². The van der Waals surface area contributed by atoms with Gasteiger partial charge in [-0.25, -0.2) is 0 Å². The molecule has 6 nitrogen and oxygen atoms in total. The number of aryl methyl sites for hydroxylation is 1. The minimum absolute atomic E-state index is 0.0504. The number of hydrogen-bond acceptors (Lipinski definition) is 3. The van der Waals surface area contributed by atoms with E-state index in [1.165, 1.54) is 0 Å². The average molecular weight is 353 g/mol. The molecule has 0 bridgehead atoms. The molecule has 1 N–H and O–H groups in total. The lowest BCUT2D eigenvalue weighted by Gasteiger charge is -2.13. The molecule has 0 fully saturated rings. The fourth-order valence-corrected chi connectivity index (χ4v) is 3.05. The Morgan fingerprint density at radius 2 is 2.08 bits per heavy atom. The van der Waals surface area contributed by atoms with Crippen LogP contribution in [0.5, 0.6) is 0 Å². The highest BCUT2D eigenvalue weighted by atomic mass is 16.5. The van der Waals surface area contributed by atoms with Crippen LogP contribution in [0.1, 0.15) is 16.8 Å². The second-order valence-electron chi connectivity index (χ2n) is 6.43. The fourth-order valence-electron chi connectivity index (χ4n) is 3.05. The van der Waals surface area contributed by atoms with E-state index < -0.39 is 0 Å². The molecule has 6 heteroatoms. The summed E-state index contributed by atoms with van der Waals surface area (Å²) in [5.74, 6) is -0.0504. The van der Waals surface area contributed by atoms with Crippen LogP contribution in [0.3, 0.4) is 0 Å². The third kappa shape index (κ3) is 3.41. The number of ether oxygens (including phenoxy) is 1. The maximum atomic E-state index is 12.7. The summed E-state index contributed by atoms with van der Waals surface area (Å²) in [6.45, 7) is 1.17. The summed E-state index contributed by atoms with van der Waals surface area (Å²) in [6, 6.07) is 9.39. The van der Waals surface area contributed by atoms with E-state index >= 15 is 0 Å². The SMILES string of the molecule is COCCCn1cc(-c2cccc(C(=O)N(C)C)c2)c2cc[nH]c2c1=O. The second kappa shape index (κ2) is 7.58. The molecule has 3 aromatic rings. The maximum absolute atomic E-state index is 12.7. The molecule has 0 atom stereocenters. The molecule has 2 heterocycles. The van der Waals surface area contributed by atoms with Crippen LogP contribution in [-0.4, -0.2) is 48.2 Å². The molecule has 136 valence electrons. The Kier molecular flexibility index (Phi) is 5.23. The lowest BCUT2D eigenvalue weighted by molar-refractivity contribution is 0.0827. The van der Waals surface area contributed by atoms with Crippen molar-refractivity contribution in [3.63, 3.8) is 0 Å². The molecule has 0 aliphatic carbocycles. The molecule has 1 amide bonds. The number of carbonyl (C=O) groups excluding carboxylic acids is 1. The standard InChI is InChI=1S/C20H23N3O3/c1-22(2)19(24)15-7-4-6-14(12-15)17-13-23(10-5-11-26-3)20(25)18-16(17)8-9-21-18/h4,6-9,12-13,21H,5,10-11H2,1-3H3. The number of hydrogen-bond donors (Lipinski definition) is 1. The molecule has 0 radical (unpaired) electrons. The fraction of sp³-hybridized carbons (Fsp3) is 0.300.